The van der Waals surface area contributed by atoms with Crippen LogP contribution in [0.3, 0.4) is 0 Å². The van der Waals surface area contributed by atoms with Crippen LogP contribution in [-0.2, 0) is 0 Å². The molecular formula is C6H8N3O. The van der Waals surface area contributed by atoms with Crippen LogP contribution in [0.15, 0.2) is 4.42 Å². The molecule has 2 heterocycles. The van der Waals surface area contributed by atoms with E-state index in [1.54, 1.807) is 0 Å². The van der Waals surface area contributed by atoms with E-state index in [0.717, 1.165) is 13.1 Å². The first-order valence-corrected chi connectivity index (χ1v) is 3.41. The summed E-state index contributed by atoms with van der Waals surface area (Å²) in [5, 5.41) is 7.24. The minimum absolute atomic E-state index is 0.609. The second kappa shape index (κ2) is 2.28. The molecule has 0 aliphatic carbocycles. The van der Waals surface area contributed by atoms with Gasteiger partial charge in [0.05, 0.1) is 0 Å². The van der Waals surface area contributed by atoms with Crippen LogP contribution in [0.25, 0.3) is 0 Å². The van der Waals surface area contributed by atoms with Crippen LogP contribution in [0, 0.1) is 6.39 Å². The van der Waals surface area contributed by atoms with Crippen LogP contribution >= 0.6 is 0 Å². The van der Waals surface area contributed by atoms with Gasteiger partial charge in [0.25, 0.3) is 0 Å². The second-order valence-corrected chi connectivity index (χ2v) is 2.37. The monoisotopic (exact) mass is 138 g/mol. The summed E-state index contributed by atoms with van der Waals surface area (Å²) in [6.45, 7) is 2.08. The highest BCUT2D eigenvalue weighted by Crippen LogP contribution is 2.15. The van der Waals surface area contributed by atoms with Gasteiger partial charge in [0.15, 0.2) is 0 Å². The Labute approximate surface area is 58.8 Å². The molecule has 0 unspecified atom stereocenters. The van der Waals surface area contributed by atoms with E-state index in [2.05, 4.69) is 21.5 Å². The number of aromatic nitrogens is 2. The molecule has 0 atom stereocenters. The lowest BCUT2D eigenvalue weighted by atomic mass is 10.4. The molecule has 0 aromatic carbocycles. The van der Waals surface area contributed by atoms with Crippen molar-refractivity contribution in [3.05, 3.63) is 6.39 Å². The molecule has 0 bridgehead atoms. The first kappa shape index (κ1) is 5.70. The van der Waals surface area contributed by atoms with E-state index < -0.39 is 0 Å². The van der Waals surface area contributed by atoms with Crippen molar-refractivity contribution in [2.24, 2.45) is 0 Å². The molecule has 0 N–H and O–H groups in total. The Bertz CT molecular complexity index is 191. The molecule has 1 aliphatic heterocycles. The zero-order valence-corrected chi connectivity index (χ0v) is 5.58. The Morgan fingerprint density at radius 3 is 2.80 bits per heavy atom. The minimum Gasteiger partial charge on any atom is -0.399 e. The number of hydrogen-bond donors (Lipinski definition) is 0. The quantitative estimate of drug-likeness (QED) is 0.565. The van der Waals surface area contributed by atoms with Crippen molar-refractivity contribution in [1.82, 2.24) is 10.2 Å². The summed E-state index contributed by atoms with van der Waals surface area (Å²) >= 11 is 0. The zero-order chi connectivity index (χ0) is 6.81. The van der Waals surface area contributed by atoms with E-state index in [9.17, 15) is 0 Å². The zero-order valence-electron chi connectivity index (χ0n) is 5.58. The average Bonchev–Trinajstić information content (AvgIpc) is 2.59. The highest BCUT2D eigenvalue weighted by Gasteiger charge is 2.15. The van der Waals surface area contributed by atoms with E-state index in [4.69, 9.17) is 4.42 Å². The van der Waals surface area contributed by atoms with Crippen molar-refractivity contribution < 1.29 is 4.42 Å². The van der Waals surface area contributed by atoms with Crippen LogP contribution in [0.5, 0.6) is 0 Å². The van der Waals surface area contributed by atoms with Crippen molar-refractivity contribution in [1.29, 1.82) is 0 Å². The maximum atomic E-state index is 4.90. The van der Waals surface area contributed by atoms with Gasteiger partial charge in [-0.3, -0.25) is 0 Å². The van der Waals surface area contributed by atoms with E-state index in [-0.39, 0.29) is 0 Å². The van der Waals surface area contributed by atoms with Crippen LogP contribution in [0.2, 0.25) is 0 Å². The van der Waals surface area contributed by atoms with Crippen molar-refractivity contribution in [2.45, 2.75) is 12.8 Å². The number of anilines is 1. The Morgan fingerprint density at radius 1 is 1.40 bits per heavy atom. The molecule has 1 aliphatic rings. The van der Waals surface area contributed by atoms with E-state index in [1.165, 1.54) is 12.8 Å². The minimum atomic E-state index is 0.609. The third-order valence-corrected chi connectivity index (χ3v) is 1.69. The molecule has 0 amide bonds. The molecular weight excluding hydrogens is 130 g/mol. The van der Waals surface area contributed by atoms with Crippen molar-refractivity contribution in [2.75, 3.05) is 18.0 Å². The van der Waals surface area contributed by atoms with Gasteiger partial charge < -0.3 is 9.32 Å². The van der Waals surface area contributed by atoms with Crippen molar-refractivity contribution in [3.8, 4) is 0 Å². The predicted octanol–water partition coefficient (Wildman–Crippen LogP) is 0.470. The fourth-order valence-corrected chi connectivity index (χ4v) is 1.18. The van der Waals surface area contributed by atoms with Gasteiger partial charge in [-0.25, -0.2) is 0 Å². The van der Waals surface area contributed by atoms with Crippen LogP contribution < -0.4 is 4.90 Å². The Morgan fingerprint density at radius 2 is 2.20 bits per heavy atom. The summed E-state index contributed by atoms with van der Waals surface area (Å²) in [6, 6.07) is 0.609. The summed E-state index contributed by atoms with van der Waals surface area (Å²) in [7, 11) is 0. The topological polar surface area (TPSA) is 42.2 Å². The van der Waals surface area contributed by atoms with Crippen LogP contribution in [0.4, 0.5) is 6.01 Å². The van der Waals surface area contributed by atoms with Crippen molar-refractivity contribution >= 4 is 6.01 Å². The van der Waals surface area contributed by atoms with Gasteiger partial charge in [-0.2, -0.15) is 0 Å². The highest BCUT2D eigenvalue weighted by molar-refractivity contribution is 5.24. The summed E-state index contributed by atoms with van der Waals surface area (Å²) < 4.78 is 4.90. The fraction of sp³-hybridized carbons (Fsp3) is 0.667. The Hall–Kier alpha value is -1.06. The predicted molar refractivity (Wildman–Crippen MR) is 34.6 cm³/mol. The molecule has 4 heteroatoms. The summed E-state index contributed by atoms with van der Waals surface area (Å²) in [6.07, 6.45) is 4.78. The van der Waals surface area contributed by atoms with E-state index in [1.807, 2.05) is 0 Å². The number of hydrogen-bond acceptors (Lipinski definition) is 4. The standard InChI is InChI=1S/C6H8N3O/c1-2-4-9(3-1)6-8-7-5-10-6/h1-4H2. The SMILES string of the molecule is [c]1nnc(N2CCCC2)o1. The largest absolute Gasteiger partial charge is 0.399 e. The van der Waals surface area contributed by atoms with Gasteiger partial charge in [0.1, 0.15) is 0 Å². The lowest BCUT2D eigenvalue weighted by Gasteiger charge is -2.08. The fourth-order valence-electron chi connectivity index (χ4n) is 1.18. The van der Waals surface area contributed by atoms with Gasteiger partial charge in [-0.05, 0) is 12.8 Å². The summed E-state index contributed by atoms with van der Waals surface area (Å²) in [4.78, 5) is 2.07. The number of nitrogens with zero attached hydrogens (tertiary/aromatic N) is 3. The molecule has 10 heavy (non-hydrogen) atoms. The molecule has 2 rings (SSSR count). The second-order valence-electron chi connectivity index (χ2n) is 2.37. The number of rotatable bonds is 1. The maximum absolute atomic E-state index is 4.90. The lowest BCUT2D eigenvalue weighted by Crippen LogP contribution is -2.17. The maximum Gasteiger partial charge on any atom is 0.318 e. The molecule has 1 fully saturated rings. The van der Waals surface area contributed by atoms with Gasteiger partial charge in [-0.1, -0.05) is 5.10 Å². The van der Waals surface area contributed by atoms with Gasteiger partial charge in [0, 0.05) is 13.1 Å². The molecule has 1 aromatic heterocycles. The van der Waals surface area contributed by atoms with E-state index in [0.29, 0.717) is 6.01 Å². The Balaban J connectivity index is 2.12. The normalized spacial score (nSPS) is 18.2. The summed E-state index contributed by atoms with van der Waals surface area (Å²) in [5.74, 6) is 0. The van der Waals surface area contributed by atoms with Gasteiger partial charge in [0.2, 0.25) is 0 Å². The highest BCUT2D eigenvalue weighted by atomic mass is 16.4. The third-order valence-electron chi connectivity index (χ3n) is 1.69. The molecule has 1 aromatic rings. The smallest absolute Gasteiger partial charge is 0.318 e. The third kappa shape index (κ3) is 0.853. The molecule has 1 radical (unpaired) electrons. The van der Waals surface area contributed by atoms with E-state index >= 15 is 0 Å². The van der Waals surface area contributed by atoms with Crippen molar-refractivity contribution in [3.63, 3.8) is 0 Å². The van der Waals surface area contributed by atoms with Crippen LogP contribution in [0.1, 0.15) is 12.8 Å². The first-order chi connectivity index (χ1) is 4.97. The molecule has 0 spiro atoms. The average molecular weight is 138 g/mol. The molecule has 53 valence electrons. The summed E-state index contributed by atoms with van der Waals surface area (Å²) in [5.41, 5.74) is 0. The molecule has 4 nitrogen and oxygen atoms in total. The molecule has 1 saturated heterocycles. The van der Waals surface area contributed by atoms with Gasteiger partial charge >= 0.3 is 12.4 Å². The molecule has 0 saturated carbocycles. The van der Waals surface area contributed by atoms with Gasteiger partial charge in [-0.15, -0.1) is 5.10 Å². The van der Waals surface area contributed by atoms with Crippen LogP contribution in [-0.4, -0.2) is 23.3 Å². The Kier molecular flexibility index (Phi) is 1.30. The lowest BCUT2D eigenvalue weighted by molar-refractivity contribution is 0.535. The first-order valence-electron chi connectivity index (χ1n) is 3.41.